The van der Waals surface area contributed by atoms with Gasteiger partial charge in [0.1, 0.15) is 6.54 Å². The molecule has 0 aromatic heterocycles. The van der Waals surface area contributed by atoms with Crippen LogP contribution < -0.4 is 5.32 Å². The molecule has 0 fully saturated rings. The van der Waals surface area contributed by atoms with E-state index in [1.54, 1.807) is 6.92 Å². The zero-order chi connectivity index (χ0) is 20.0. The summed E-state index contributed by atoms with van der Waals surface area (Å²) in [6.45, 7) is 6.71. The third kappa shape index (κ3) is 5.56. The van der Waals surface area contributed by atoms with Crippen molar-refractivity contribution < 1.29 is 9.53 Å². The third-order valence-corrected chi connectivity index (χ3v) is 4.68. The third-order valence-electron chi connectivity index (χ3n) is 4.68. The van der Waals surface area contributed by atoms with Crippen LogP contribution in [0, 0.1) is 5.41 Å². The molecule has 4 heteroatoms. The van der Waals surface area contributed by atoms with Gasteiger partial charge in [-0.3, -0.25) is 9.79 Å². The lowest BCUT2D eigenvalue weighted by Crippen LogP contribution is -2.25. The average Bonchev–Trinajstić information content (AvgIpc) is 2.67. The molecule has 0 unspecified atom stereocenters. The molecule has 0 saturated carbocycles. The first-order valence-corrected chi connectivity index (χ1v) is 9.77. The maximum atomic E-state index is 11.6. The lowest BCUT2D eigenvalue weighted by molar-refractivity contribution is -0.141. The molecule has 1 aliphatic rings. The van der Waals surface area contributed by atoms with Gasteiger partial charge < -0.3 is 10.1 Å². The topological polar surface area (TPSA) is 50.7 Å². The molecule has 0 radical (unpaired) electrons. The summed E-state index contributed by atoms with van der Waals surface area (Å²) in [5.41, 5.74) is 5.60. The first kappa shape index (κ1) is 19.9. The Hall–Kier alpha value is -2.88. The molecule has 0 amide bonds. The highest BCUT2D eigenvalue weighted by Gasteiger charge is 2.26. The highest BCUT2D eigenvalue weighted by atomic mass is 16.5. The van der Waals surface area contributed by atoms with E-state index in [0.717, 1.165) is 29.9 Å². The van der Waals surface area contributed by atoms with Gasteiger partial charge in [0.25, 0.3) is 0 Å². The van der Waals surface area contributed by atoms with Crippen LogP contribution in [-0.4, -0.2) is 24.8 Å². The van der Waals surface area contributed by atoms with Gasteiger partial charge in [-0.15, -0.1) is 0 Å². The summed E-state index contributed by atoms with van der Waals surface area (Å²) in [4.78, 5) is 16.1. The zero-order valence-corrected chi connectivity index (χ0v) is 16.9. The second kappa shape index (κ2) is 8.87. The van der Waals surface area contributed by atoms with Crippen molar-refractivity contribution >= 4 is 17.4 Å². The molecule has 1 aliphatic carbocycles. The smallest absolute Gasteiger partial charge is 0.327 e. The molecule has 0 spiro atoms. The standard InChI is InChI=1S/C24H28N2O2/c1-4-28-23(27)17-25-21-14-22(16-24(2,3)15-21)26-20-12-10-19(11-13-20)18-8-6-5-7-9-18/h5-14,26H,4,15-17H2,1-3H3. The van der Waals surface area contributed by atoms with Gasteiger partial charge in [0, 0.05) is 17.1 Å². The second-order valence-corrected chi connectivity index (χ2v) is 7.87. The molecule has 0 aliphatic heterocycles. The SMILES string of the molecule is CCOC(=O)CN=C1C=C(Nc2ccc(-c3ccccc3)cc2)CC(C)(C)C1. The molecule has 146 valence electrons. The van der Waals surface area contributed by atoms with Crippen LogP contribution in [-0.2, 0) is 9.53 Å². The lowest BCUT2D eigenvalue weighted by Gasteiger charge is -2.31. The fourth-order valence-corrected chi connectivity index (χ4v) is 3.49. The van der Waals surface area contributed by atoms with E-state index < -0.39 is 0 Å². The van der Waals surface area contributed by atoms with Gasteiger partial charge in [0.2, 0.25) is 0 Å². The summed E-state index contributed by atoms with van der Waals surface area (Å²) in [5, 5.41) is 3.52. The normalized spacial score (nSPS) is 17.1. The molecule has 2 aromatic rings. The second-order valence-electron chi connectivity index (χ2n) is 7.87. The van der Waals surface area contributed by atoms with E-state index in [4.69, 9.17) is 4.74 Å². The summed E-state index contributed by atoms with van der Waals surface area (Å²) < 4.78 is 4.97. The summed E-state index contributed by atoms with van der Waals surface area (Å²) in [6.07, 6.45) is 3.85. The van der Waals surface area contributed by atoms with Crippen LogP contribution in [0.5, 0.6) is 0 Å². The minimum atomic E-state index is -0.280. The van der Waals surface area contributed by atoms with Crippen molar-refractivity contribution in [2.75, 3.05) is 18.5 Å². The van der Waals surface area contributed by atoms with E-state index >= 15 is 0 Å². The number of anilines is 1. The first-order chi connectivity index (χ1) is 13.4. The molecule has 3 rings (SSSR count). The maximum Gasteiger partial charge on any atom is 0.327 e. The van der Waals surface area contributed by atoms with Crippen LogP contribution in [0.2, 0.25) is 0 Å². The number of benzene rings is 2. The minimum absolute atomic E-state index is 0.0782. The van der Waals surface area contributed by atoms with Crippen molar-refractivity contribution in [2.24, 2.45) is 10.4 Å². The quantitative estimate of drug-likeness (QED) is 0.680. The number of nitrogens with one attached hydrogen (secondary N) is 1. The van der Waals surface area contributed by atoms with E-state index in [-0.39, 0.29) is 17.9 Å². The number of hydrogen-bond acceptors (Lipinski definition) is 4. The van der Waals surface area contributed by atoms with Gasteiger partial charge in [-0.1, -0.05) is 56.3 Å². The number of allylic oxidation sites excluding steroid dienone is 2. The van der Waals surface area contributed by atoms with Gasteiger partial charge in [-0.2, -0.15) is 0 Å². The van der Waals surface area contributed by atoms with Crippen molar-refractivity contribution in [3.63, 3.8) is 0 Å². The number of rotatable bonds is 6. The molecule has 4 nitrogen and oxygen atoms in total. The fraction of sp³-hybridized carbons (Fsp3) is 0.333. The fourth-order valence-electron chi connectivity index (χ4n) is 3.49. The summed E-state index contributed by atoms with van der Waals surface area (Å²) >= 11 is 0. The van der Waals surface area contributed by atoms with Crippen LogP contribution in [0.1, 0.15) is 33.6 Å². The number of ether oxygens (including phenoxy) is 1. The Labute approximate surface area is 167 Å². The van der Waals surface area contributed by atoms with E-state index in [0.29, 0.717) is 6.61 Å². The molecule has 0 saturated heterocycles. The van der Waals surface area contributed by atoms with Crippen molar-refractivity contribution in [3.05, 3.63) is 66.4 Å². The molecule has 0 heterocycles. The molecule has 0 bridgehead atoms. The number of esters is 1. The largest absolute Gasteiger partial charge is 0.465 e. The number of hydrogen-bond donors (Lipinski definition) is 1. The molecule has 0 atom stereocenters. The Morgan fingerprint density at radius 2 is 1.71 bits per heavy atom. The van der Waals surface area contributed by atoms with Gasteiger partial charge in [-0.05, 0) is 54.5 Å². The molecular weight excluding hydrogens is 348 g/mol. The van der Waals surface area contributed by atoms with Crippen molar-refractivity contribution in [2.45, 2.75) is 33.6 Å². The van der Waals surface area contributed by atoms with E-state index in [9.17, 15) is 4.79 Å². The number of carbonyl (C=O) groups is 1. The van der Waals surface area contributed by atoms with Crippen molar-refractivity contribution in [3.8, 4) is 11.1 Å². The van der Waals surface area contributed by atoms with Gasteiger partial charge in [-0.25, -0.2) is 0 Å². The van der Waals surface area contributed by atoms with E-state index in [2.05, 4.69) is 66.6 Å². The molecule has 1 N–H and O–H groups in total. The Morgan fingerprint density at radius 3 is 2.39 bits per heavy atom. The van der Waals surface area contributed by atoms with Crippen LogP contribution >= 0.6 is 0 Å². The maximum absolute atomic E-state index is 11.6. The summed E-state index contributed by atoms with van der Waals surface area (Å²) in [5.74, 6) is -0.280. The van der Waals surface area contributed by atoms with Crippen LogP contribution in [0.25, 0.3) is 11.1 Å². The van der Waals surface area contributed by atoms with E-state index in [1.165, 1.54) is 11.1 Å². The van der Waals surface area contributed by atoms with Crippen molar-refractivity contribution in [1.82, 2.24) is 0 Å². The van der Waals surface area contributed by atoms with Crippen molar-refractivity contribution in [1.29, 1.82) is 0 Å². The molecule has 28 heavy (non-hydrogen) atoms. The number of carbonyl (C=O) groups excluding carboxylic acids is 1. The molecular formula is C24H28N2O2. The zero-order valence-electron chi connectivity index (χ0n) is 16.9. The lowest BCUT2D eigenvalue weighted by atomic mass is 9.78. The summed E-state index contributed by atoms with van der Waals surface area (Å²) in [7, 11) is 0. The predicted molar refractivity (Wildman–Crippen MR) is 116 cm³/mol. The van der Waals surface area contributed by atoms with E-state index in [1.807, 2.05) is 18.2 Å². The predicted octanol–water partition coefficient (Wildman–Crippen LogP) is 5.47. The molecule has 2 aromatic carbocycles. The Kier molecular flexibility index (Phi) is 6.30. The summed E-state index contributed by atoms with van der Waals surface area (Å²) in [6, 6.07) is 18.8. The monoisotopic (exact) mass is 376 g/mol. The number of nitrogens with zero attached hydrogens (tertiary/aromatic N) is 1. The van der Waals surface area contributed by atoms with Gasteiger partial charge in [0.15, 0.2) is 0 Å². The van der Waals surface area contributed by atoms with Crippen LogP contribution in [0.15, 0.2) is 71.4 Å². The highest BCUT2D eigenvalue weighted by molar-refractivity contribution is 5.98. The van der Waals surface area contributed by atoms with Crippen LogP contribution in [0.3, 0.4) is 0 Å². The minimum Gasteiger partial charge on any atom is -0.465 e. The average molecular weight is 377 g/mol. The first-order valence-electron chi connectivity index (χ1n) is 9.77. The Morgan fingerprint density at radius 1 is 1.04 bits per heavy atom. The highest BCUT2D eigenvalue weighted by Crippen LogP contribution is 2.34. The van der Waals surface area contributed by atoms with Crippen LogP contribution in [0.4, 0.5) is 5.69 Å². The van der Waals surface area contributed by atoms with Gasteiger partial charge in [0.05, 0.1) is 6.61 Å². The van der Waals surface area contributed by atoms with Gasteiger partial charge >= 0.3 is 5.97 Å². The number of aliphatic imine (C=N–C) groups is 1. The Bertz CT molecular complexity index is 865. The Balaban J connectivity index is 1.72.